The molecule has 0 aliphatic carbocycles. The average Bonchev–Trinajstić information content (AvgIpc) is 2.27. The van der Waals surface area contributed by atoms with Gasteiger partial charge >= 0.3 is 11.5 Å². The summed E-state index contributed by atoms with van der Waals surface area (Å²) in [5.41, 5.74) is 0.105. The van der Waals surface area contributed by atoms with Gasteiger partial charge in [-0.25, -0.2) is 4.98 Å². The van der Waals surface area contributed by atoms with Crippen molar-refractivity contribution < 1.29 is 14.6 Å². The molecule has 0 amide bonds. The monoisotopic (exact) mass is 238 g/mol. The normalized spacial score (nSPS) is 24.7. The highest BCUT2D eigenvalue weighted by atomic mass is 16.6. The molecule has 1 aromatic rings. The maximum atomic E-state index is 11.0. The van der Waals surface area contributed by atoms with Crippen LogP contribution in [-0.2, 0) is 4.74 Å². The molecule has 2 heterocycles. The van der Waals surface area contributed by atoms with Gasteiger partial charge in [0.1, 0.15) is 13.1 Å². The van der Waals surface area contributed by atoms with Crippen molar-refractivity contribution in [1.82, 2.24) is 0 Å². The summed E-state index contributed by atoms with van der Waals surface area (Å²) < 4.78 is 5.61. The second-order valence-electron chi connectivity index (χ2n) is 4.32. The Bertz CT molecular complexity index is 414. The molecule has 0 radical (unpaired) electrons. The van der Waals surface area contributed by atoms with E-state index in [1.807, 2.05) is 18.7 Å². The molecule has 2 atom stereocenters. The fourth-order valence-corrected chi connectivity index (χ4v) is 2.18. The zero-order valence-electron chi connectivity index (χ0n) is 9.92. The smallest absolute Gasteiger partial charge is 0.357 e. The van der Waals surface area contributed by atoms with Crippen LogP contribution >= 0.6 is 0 Å². The quantitative estimate of drug-likeness (QED) is 0.570. The topological polar surface area (TPSA) is 69.8 Å². The number of pyridine rings is 1. The summed E-state index contributed by atoms with van der Waals surface area (Å²) >= 11 is 0. The minimum absolute atomic E-state index is 0.0759. The molecule has 1 aromatic heterocycles. The zero-order chi connectivity index (χ0) is 12.4. The summed E-state index contributed by atoms with van der Waals surface area (Å²) in [6.45, 7) is 5.26. The Labute approximate surface area is 99.4 Å². The Morgan fingerprint density at radius 1 is 1.47 bits per heavy atom. The van der Waals surface area contributed by atoms with Crippen LogP contribution in [0.25, 0.3) is 0 Å². The molecule has 6 nitrogen and oxygen atoms in total. The molecule has 1 saturated heterocycles. The standard InChI is InChI=1S/C11H15N3O3/c1-8-6-13(7-9(2)17-8)11-10(14(15)16)4-3-5-12-11/h3-5,8-9H,6-7H2,1-2H3/p+1/t8-,9-/m1/s1. The van der Waals surface area contributed by atoms with Crippen molar-refractivity contribution >= 4 is 11.5 Å². The van der Waals surface area contributed by atoms with Gasteiger partial charge in [-0.2, -0.15) is 0 Å². The third kappa shape index (κ3) is 2.52. The molecule has 17 heavy (non-hydrogen) atoms. The van der Waals surface area contributed by atoms with Crippen LogP contribution in [0, 0.1) is 10.1 Å². The molecule has 1 N–H and O–H groups in total. The van der Waals surface area contributed by atoms with E-state index in [1.165, 1.54) is 6.07 Å². The van der Waals surface area contributed by atoms with Gasteiger partial charge in [0.25, 0.3) is 0 Å². The van der Waals surface area contributed by atoms with E-state index in [-0.39, 0.29) is 22.8 Å². The second kappa shape index (κ2) is 4.67. The number of nitrogens with zero attached hydrogens (tertiary/aromatic N) is 2. The van der Waals surface area contributed by atoms with Gasteiger partial charge in [0, 0.05) is 6.07 Å². The summed E-state index contributed by atoms with van der Waals surface area (Å²) in [6.07, 6.45) is 1.85. The van der Waals surface area contributed by atoms with Crippen molar-refractivity contribution in [2.75, 3.05) is 18.0 Å². The number of ether oxygens (including phenoxy) is 1. The molecular formula is C11H16N3O3+. The van der Waals surface area contributed by atoms with Gasteiger partial charge in [0.2, 0.25) is 0 Å². The highest BCUT2D eigenvalue weighted by Gasteiger charge is 2.33. The molecule has 0 saturated carbocycles. The van der Waals surface area contributed by atoms with E-state index in [9.17, 15) is 10.1 Å². The lowest BCUT2D eigenvalue weighted by Gasteiger charge is -2.30. The number of hydrogen-bond acceptors (Lipinski definition) is 4. The summed E-state index contributed by atoms with van der Waals surface area (Å²) in [4.78, 5) is 15.5. The minimum Gasteiger partial charge on any atom is -0.367 e. The van der Waals surface area contributed by atoms with Gasteiger partial charge in [-0.1, -0.05) is 0 Å². The van der Waals surface area contributed by atoms with Crippen LogP contribution in [0.4, 0.5) is 11.5 Å². The van der Waals surface area contributed by atoms with E-state index in [4.69, 9.17) is 4.74 Å². The Balaban J connectivity index is 2.30. The Kier molecular flexibility index (Phi) is 3.23. The third-order valence-electron chi connectivity index (χ3n) is 2.75. The summed E-state index contributed by atoms with van der Waals surface area (Å²) in [6, 6.07) is 3.14. The molecule has 0 aromatic carbocycles. The van der Waals surface area contributed by atoms with Crippen LogP contribution in [0.1, 0.15) is 13.8 Å². The first-order valence-corrected chi connectivity index (χ1v) is 5.63. The third-order valence-corrected chi connectivity index (χ3v) is 2.75. The number of nitro groups is 1. The van der Waals surface area contributed by atoms with Crippen molar-refractivity contribution in [3.05, 3.63) is 28.4 Å². The van der Waals surface area contributed by atoms with Crippen molar-refractivity contribution in [1.29, 1.82) is 0 Å². The van der Waals surface area contributed by atoms with E-state index in [0.29, 0.717) is 18.9 Å². The van der Waals surface area contributed by atoms with Crippen LogP contribution in [0.3, 0.4) is 0 Å². The van der Waals surface area contributed by atoms with Gasteiger partial charge < -0.3 is 4.74 Å². The number of aromatic nitrogens is 1. The van der Waals surface area contributed by atoms with Crippen LogP contribution in [0.2, 0.25) is 0 Å². The van der Waals surface area contributed by atoms with Crippen LogP contribution in [0.15, 0.2) is 18.3 Å². The number of anilines is 1. The highest BCUT2D eigenvalue weighted by Crippen LogP contribution is 2.25. The predicted octanol–water partition coefficient (Wildman–Crippen LogP) is 1.02. The lowest BCUT2D eigenvalue weighted by atomic mass is 10.2. The maximum absolute atomic E-state index is 11.0. The van der Waals surface area contributed by atoms with Gasteiger partial charge in [-0.15, -0.1) is 0 Å². The van der Waals surface area contributed by atoms with Crippen LogP contribution in [0.5, 0.6) is 0 Å². The molecule has 6 heteroatoms. The maximum Gasteiger partial charge on any atom is 0.357 e. The van der Waals surface area contributed by atoms with Crippen molar-refractivity contribution in [3.8, 4) is 0 Å². The Hall–Kier alpha value is -1.69. The van der Waals surface area contributed by atoms with E-state index >= 15 is 0 Å². The van der Waals surface area contributed by atoms with E-state index < -0.39 is 0 Å². The average molecular weight is 238 g/mol. The largest absolute Gasteiger partial charge is 0.367 e. The summed E-state index contributed by atoms with van der Waals surface area (Å²) in [5.74, 6) is 0.555. The molecule has 1 aliphatic heterocycles. The lowest BCUT2D eigenvalue weighted by molar-refractivity contribution is -0.411. The number of morpholine rings is 1. The minimum atomic E-state index is -0.364. The fraction of sp³-hybridized carbons (Fsp3) is 0.545. The number of aromatic amines is 1. The van der Waals surface area contributed by atoms with Gasteiger partial charge in [0.05, 0.1) is 23.3 Å². The van der Waals surface area contributed by atoms with Gasteiger partial charge in [-0.3, -0.25) is 15.0 Å². The predicted molar refractivity (Wildman–Crippen MR) is 61.9 cm³/mol. The van der Waals surface area contributed by atoms with E-state index in [0.717, 1.165) is 0 Å². The Morgan fingerprint density at radius 3 is 2.71 bits per heavy atom. The number of H-pyrrole nitrogens is 1. The lowest BCUT2D eigenvalue weighted by Crippen LogP contribution is -2.47. The van der Waals surface area contributed by atoms with E-state index in [2.05, 4.69) is 4.98 Å². The number of rotatable bonds is 2. The molecule has 2 rings (SSSR count). The van der Waals surface area contributed by atoms with Crippen molar-refractivity contribution in [2.24, 2.45) is 0 Å². The molecule has 1 aliphatic rings. The highest BCUT2D eigenvalue weighted by molar-refractivity contribution is 5.53. The van der Waals surface area contributed by atoms with Gasteiger partial charge in [0.15, 0.2) is 0 Å². The molecule has 1 fully saturated rings. The van der Waals surface area contributed by atoms with Crippen molar-refractivity contribution in [3.63, 3.8) is 0 Å². The van der Waals surface area contributed by atoms with Crippen LogP contribution in [-0.4, -0.2) is 30.2 Å². The second-order valence-corrected chi connectivity index (χ2v) is 4.32. The molecule has 92 valence electrons. The zero-order valence-corrected chi connectivity index (χ0v) is 9.92. The summed E-state index contributed by atoms with van der Waals surface area (Å²) in [7, 11) is 0. The fourth-order valence-electron chi connectivity index (χ4n) is 2.18. The molecule has 0 bridgehead atoms. The molecular weight excluding hydrogens is 222 g/mol. The first-order chi connectivity index (χ1) is 8.08. The number of nitrogens with one attached hydrogen (secondary N) is 1. The first-order valence-electron chi connectivity index (χ1n) is 5.63. The Morgan fingerprint density at radius 2 is 2.12 bits per heavy atom. The molecule has 0 unspecified atom stereocenters. The summed E-state index contributed by atoms with van der Waals surface area (Å²) in [5, 5.41) is 11.0. The first kappa shape index (κ1) is 11.8. The van der Waals surface area contributed by atoms with E-state index in [1.54, 1.807) is 12.3 Å². The SMILES string of the molecule is C[C@@H]1CN(c2[nH+]cccc2[N+](=O)[O-])C[C@@H](C)O1. The van der Waals surface area contributed by atoms with Crippen LogP contribution < -0.4 is 9.88 Å². The molecule has 0 spiro atoms. The van der Waals surface area contributed by atoms with Gasteiger partial charge in [-0.05, 0) is 19.9 Å². The number of hydrogen-bond donors (Lipinski definition) is 0. The van der Waals surface area contributed by atoms with Crippen molar-refractivity contribution in [2.45, 2.75) is 26.1 Å².